The van der Waals surface area contributed by atoms with Crippen LogP contribution in [0.1, 0.15) is 6.92 Å². The van der Waals surface area contributed by atoms with Gasteiger partial charge in [-0.25, -0.2) is 9.59 Å². The average Bonchev–Trinajstić information content (AvgIpc) is 2.03. The van der Waals surface area contributed by atoms with Crippen LogP contribution in [0.4, 0.5) is 0 Å². The van der Waals surface area contributed by atoms with Gasteiger partial charge < -0.3 is 20.3 Å². The molecule has 1 atom stereocenters. The topological polar surface area (TPSA) is 95.9 Å². The number of aliphatic carboxylic acids is 1. The molecular formula is C7H11NO5. The number of carbonyl (C=O) groups excluding carboxylic acids is 1. The molecule has 0 radical (unpaired) electrons. The summed E-state index contributed by atoms with van der Waals surface area (Å²) in [6, 6.07) is 0. The second-order valence-corrected chi connectivity index (χ2v) is 2.24. The first-order valence-corrected chi connectivity index (χ1v) is 3.41. The second-order valence-electron chi connectivity index (χ2n) is 2.24. The standard InChI is InChI=1S/C7H11NO5/c1-4(3-5(9)13-2)8-6(10)7(11)12/h3,6,8,10H,1-2H3,(H,11,12). The molecule has 0 aromatic carbocycles. The molecule has 0 saturated carbocycles. The SMILES string of the molecule is COC(=O)C=C(C)NC(O)C(=O)O. The fourth-order valence-electron chi connectivity index (χ4n) is 0.555. The van der Waals surface area contributed by atoms with Gasteiger partial charge in [-0.05, 0) is 6.92 Å². The number of rotatable bonds is 4. The number of carboxylic acid groups (broad SMARTS) is 1. The molecule has 0 saturated heterocycles. The largest absolute Gasteiger partial charge is 0.478 e. The average molecular weight is 189 g/mol. The Bertz CT molecular complexity index is 235. The predicted octanol–water partition coefficient (Wildman–Crippen LogP) is -0.944. The fourth-order valence-corrected chi connectivity index (χ4v) is 0.555. The summed E-state index contributed by atoms with van der Waals surface area (Å²) in [4.78, 5) is 20.7. The number of aliphatic hydroxyl groups excluding tert-OH is 1. The van der Waals surface area contributed by atoms with E-state index in [1.807, 2.05) is 0 Å². The van der Waals surface area contributed by atoms with Gasteiger partial charge in [0.05, 0.1) is 7.11 Å². The summed E-state index contributed by atoms with van der Waals surface area (Å²) in [5.74, 6) is -2.04. The summed E-state index contributed by atoms with van der Waals surface area (Å²) in [6.07, 6.45) is -0.687. The number of carboxylic acids is 1. The van der Waals surface area contributed by atoms with Crippen molar-refractivity contribution in [3.63, 3.8) is 0 Å². The van der Waals surface area contributed by atoms with Crippen LogP contribution in [0.25, 0.3) is 0 Å². The molecule has 0 bridgehead atoms. The molecule has 0 spiro atoms. The molecule has 0 aliphatic rings. The van der Waals surface area contributed by atoms with Crippen LogP contribution in [0.2, 0.25) is 0 Å². The zero-order chi connectivity index (χ0) is 10.4. The number of allylic oxidation sites excluding steroid dienone is 1. The molecule has 0 aliphatic heterocycles. The van der Waals surface area contributed by atoms with Crippen LogP contribution in [0.5, 0.6) is 0 Å². The molecule has 1 unspecified atom stereocenters. The minimum atomic E-state index is -1.72. The number of nitrogens with one attached hydrogen (secondary N) is 1. The number of esters is 1. The number of methoxy groups -OCH3 is 1. The number of carbonyl (C=O) groups is 2. The Kier molecular flexibility index (Phi) is 4.53. The van der Waals surface area contributed by atoms with Crippen molar-refractivity contribution in [1.82, 2.24) is 5.32 Å². The molecular weight excluding hydrogens is 178 g/mol. The van der Waals surface area contributed by atoms with E-state index in [0.717, 1.165) is 6.08 Å². The Morgan fingerprint density at radius 3 is 2.46 bits per heavy atom. The summed E-state index contributed by atoms with van der Waals surface area (Å²) in [6.45, 7) is 1.43. The lowest BCUT2D eigenvalue weighted by molar-refractivity contribution is -0.148. The lowest BCUT2D eigenvalue weighted by Crippen LogP contribution is -2.35. The maximum absolute atomic E-state index is 10.6. The molecule has 0 heterocycles. The van der Waals surface area contributed by atoms with Crippen molar-refractivity contribution in [3.05, 3.63) is 11.8 Å². The highest BCUT2D eigenvalue weighted by Crippen LogP contribution is 1.90. The quantitative estimate of drug-likeness (QED) is 0.300. The van der Waals surface area contributed by atoms with Crippen molar-refractivity contribution in [1.29, 1.82) is 0 Å². The van der Waals surface area contributed by atoms with Crippen LogP contribution in [0.15, 0.2) is 11.8 Å². The van der Waals surface area contributed by atoms with E-state index in [4.69, 9.17) is 10.2 Å². The third kappa shape index (κ3) is 4.81. The van der Waals surface area contributed by atoms with Crippen molar-refractivity contribution in [2.45, 2.75) is 13.2 Å². The molecule has 6 nitrogen and oxygen atoms in total. The molecule has 0 aliphatic carbocycles. The Hall–Kier alpha value is -1.56. The number of hydrogen-bond donors (Lipinski definition) is 3. The van der Waals surface area contributed by atoms with Crippen LogP contribution in [-0.4, -0.2) is 35.5 Å². The van der Waals surface area contributed by atoms with E-state index in [-0.39, 0.29) is 5.70 Å². The Morgan fingerprint density at radius 2 is 2.08 bits per heavy atom. The summed E-state index contributed by atoms with van der Waals surface area (Å²) in [5.41, 5.74) is 0.210. The Morgan fingerprint density at radius 1 is 1.54 bits per heavy atom. The summed E-state index contributed by atoms with van der Waals surface area (Å²) < 4.78 is 4.28. The van der Waals surface area contributed by atoms with Gasteiger partial charge in [0.25, 0.3) is 0 Å². The Labute approximate surface area is 74.8 Å². The molecule has 0 fully saturated rings. The third-order valence-corrected chi connectivity index (χ3v) is 1.13. The van der Waals surface area contributed by atoms with Crippen molar-refractivity contribution in [2.24, 2.45) is 0 Å². The molecule has 0 aromatic heterocycles. The molecule has 6 heteroatoms. The normalized spacial score (nSPS) is 13.3. The monoisotopic (exact) mass is 189 g/mol. The van der Waals surface area contributed by atoms with Gasteiger partial charge >= 0.3 is 11.9 Å². The van der Waals surface area contributed by atoms with E-state index in [1.54, 1.807) is 0 Å². The molecule has 3 N–H and O–H groups in total. The van der Waals surface area contributed by atoms with Gasteiger partial charge in [0.1, 0.15) is 0 Å². The lowest BCUT2D eigenvalue weighted by atomic mass is 10.4. The van der Waals surface area contributed by atoms with Crippen molar-refractivity contribution in [3.8, 4) is 0 Å². The summed E-state index contributed by atoms with van der Waals surface area (Å²) >= 11 is 0. The van der Waals surface area contributed by atoms with Crippen molar-refractivity contribution in [2.75, 3.05) is 7.11 Å². The van der Waals surface area contributed by atoms with E-state index in [2.05, 4.69) is 10.1 Å². The van der Waals surface area contributed by atoms with E-state index in [1.165, 1.54) is 14.0 Å². The van der Waals surface area contributed by atoms with Gasteiger partial charge in [0.15, 0.2) is 0 Å². The van der Waals surface area contributed by atoms with E-state index in [9.17, 15) is 9.59 Å². The highest BCUT2D eigenvalue weighted by atomic mass is 16.5. The van der Waals surface area contributed by atoms with Crippen LogP contribution in [0, 0.1) is 0 Å². The van der Waals surface area contributed by atoms with E-state index in [0.29, 0.717) is 0 Å². The second kappa shape index (κ2) is 5.15. The van der Waals surface area contributed by atoms with Gasteiger partial charge in [-0.3, -0.25) is 0 Å². The van der Waals surface area contributed by atoms with Gasteiger partial charge in [-0.1, -0.05) is 0 Å². The molecule has 0 aromatic rings. The highest BCUT2D eigenvalue weighted by Gasteiger charge is 2.12. The van der Waals surface area contributed by atoms with Crippen LogP contribution < -0.4 is 5.32 Å². The first kappa shape index (κ1) is 11.4. The fraction of sp³-hybridized carbons (Fsp3) is 0.429. The van der Waals surface area contributed by atoms with Gasteiger partial charge in [0, 0.05) is 11.8 Å². The van der Waals surface area contributed by atoms with Crippen LogP contribution in [-0.2, 0) is 14.3 Å². The maximum Gasteiger partial charge on any atom is 0.353 e. The van der Waals surface area contributed by atoms with Crippen LogP contribution in [0.3, 0.4) is 0 Å². The molecule has 74 valence electrons. The molecule has 0 amide bonds. The molecule has 0 rings (SSSR count). The first-order valence-electron chi connectivity index (χ1n) is 3.41. The molecule has 13 heavy (non-hydrogen) atoms. The smallest absolute Gasteiger partial charge is 0.353 e. The maximum atomic E-state index is 10.6. The zero-order valence-corrected chi connectivity index (χ0v) is 7.27. The minimum Gasteiger partial charge on any atom is -0.478 e. The van der Waals surface area contributed by atoms with E-state index >= 15 is 0 Å². The zero-order valence-electron chi connectivity index (χ0n) is 7.27. The van der Waals surface area contributed by atoms with Crippen molar-refractivity contribution < 1.29 is 24.5 Å². The lowest BCUT2D eigenvalue weighted by Gasteiger charge is -2.08. The summed E-state index contributed by atoms with van der Waals surface area (Å²) in [5, 5.41) is 19.2. The van der Waals surface area contributed by atoms with Gasteiger partial charge in [-0.2, -0.15) is 0 Å². The van der Waals surface area contributed by atoms with Gasteiger partial charge in [-0.15, -0.1) is 0 Å². The van der Waals surface area contributed by atoms with Crippen molar-refractivity contribution >= 4 is 11.9 Å². The Balaban J connectivity index is 4.13. The minimum absolute atomic E-state index is 0.210. The number of ether oxygens (including phenoxy) is 1. The number of aliphatic hydroxyl groups is 1. The van der Waals surface area contributed by atoms with Gasteiger partial charge in [0.2, 0.25) is 6.23 Å². The third-order valence-electron chi connectivity index (χ3n) is 1.13. The summed E-state index contributed by atoms with van der Waals surface area (Å²) in [7, 11) is 1.19. The number of hydrogen-bond acceptors (Lipinski definition) is 5. The van der Waals surface area contributed by atoms with E-state index < -0.39 is 18.2 Å². The predicted molar refractivity (Wildman–Crippen MR) is 42.6 cm³/mol. The highest BCUT2D eigenvalue weighted by molar-refractivity contribution is 5.82. The first-order chi connectivity index (χ1) is 5.97. The van der Waals surface area contributed by atoms with Crippen LogP contribution >= 0.6 is 0 Å².